The molecule has 1 aromatic heterocycles. The highest BCUT2D eigenvalue weighted by Gasteiger charge is 2.38. The van der Waals surface area contributed by atoms with Gasteiger partial charge in [0.1, 0.15) is 11.1 Å². The minimum absolute atomic E-state index is 0.232. The molecule has 0 saturated heterocycles. The summed E-state index contributed by atoms with van der Waals surface area (Å²) in [6.45, 7) is 0. The van der Waals surface area contributed by atoms with Crippen LogP contribution >= 0.6 is 23.4 Å². The number of amides is 1. The molecule has 2 atom stereocenters. The molecule has 0 saturated carbocycles. The Kier molecular flexibility index (Phi) is 5.55. The highest BCUT2D eigenvalue weighted by molar-refractivity contribution is 8.00. The van der Waals surface area contributed by atoms with Gasteiger partial charge in [0.05, 0.1) is 6.04 Å². The van der Waals surface area contributed by atoms with Crippen molar-refractivity contribution in [1.82, 2.24) is 14.9 Å². The number of fused-ring (bicyclic) bond motifs is 1. The molecule has 0 unspecified atom stereocenters. The molecule has 9 heteroatoms. The van der Waals surface area contributed by atoms with Crippen LogP contribution in [0.4, 0.5) is 10.1 Å². The number of nitrogens with zero attached hydrogens (tertiary/aromatic N) is 3. The smallest absolute Gasteiger partial charge is 0.240 e. The van der Waals surface area contributed by atoms with Gasteiger partial charge in [0.25, 0.3) is 0 Å². The summed E-state index contributed by atoms with van der Waals surface area (Å²) in [6.07, 6.45) is 0. The van der Waals surface area contributed by atoms with E-state index in [4.69, 9.17) is 11.6 Å². The van der Waals surface area contributed by atoms with Crippen LogP contribution in [0.5, 0.6) is 0 Å². The zero-order chi connectivity index (χ0) is 22.1. The van der Waals surface area contributed by atoms with E-state index in [-0.39, 0.29) is 17.8 Å². The van der Waals surface area contributed by atoms with Gasteiger partial charge >= 0.3 is 0 Å². The molecule has 0 radical (unpaired) electrons. The van der Waals surface area contributed by atoms with Gasteiger partial charge in [-0.15, -0.1) is 10.2 Å². The Bertz CT molecular complexity index is 1250. The van der Waals surface area contributed by atoms with Gasteiger partial charge in [-0.05, 0) is 42.0 Å². The maximum atomic E-state index is 13.2. The van der Waals surface area contributed by atoms with Gasteiger partial charge in [-0.25, -0.2) is 9.07 Å². The third kappa shape index (κ3) is 4.06. The minimum atomic E-state index is -0.554. The molecule has 5 rings (SSSR count). The van der Waals surface area contributed by atoms with E-state index in [9.17, 15) is 9.18 Å². The SMILES string of the molecule is O=C(Nc1ccc(F)cc1)[C@@H]1Sc2nnc(-c3ccccc3)n2N[C@@H]1c1ccc(Cl)cc1. The molecule has 0 bridgehead atoms. The number of halogens is 2. The molecule has 160 valence electrons. The van der Waals surface area contributed by atoms with Crippen LogP contribution in [0.1, 0.15) is 11.6 Å². The maximum absolute atomic E-state index is 13.2. The van der Waals surface area contributed by atoms with Crippen LogP contribution in [0.3, 0.4) is 0 Å². The number of hydrogen-bond donors (Lipinski definition) is 2. The molecule has 2 heterocycles. The number of carbonyl (C=O) groups excluding carboxylic acids is 1. The lowest BCUT2D eigenvalue weighted by molar-refractivity contribution is -0.116. The zero-order valence-corrected chi connectivity index (χ0v) is 18.1. The summed E-state index contributed by atoms with van der Waals surface area (Å²) >= 11 is 7.40. The van der Waals surface area contributed by atoms with Crippen LogP contribution in [0, 0.1) is 5.82 Å². The van der Waals surface area contributed by atoms with Crippen LogP contribution in [0.15, 0.2) is 84.0 Å². The molecule has 0 aliphatic carbocycles. The summed E-state index contributed by atoms with van der Waals surface area (Å²) in [7, 11) is 0. The van der Waals surface area contributed by atoms with Crippen molar-refractivity contribution >= 4 is 35.0 Å². The van der Waals surface area contributed by atoms with E-state index in [1.54, 1.807) is 16.8 Å². The largest absolute Gasteiger partial charge is 0.325 e. The zero-order valence-electron chi connectivity index (χ0n) is 16.6. The van der Waals surface area contributed by atoms with Gasteiger partial charge in [0.2, 0.25) is 11.1 Å². The second-order valence-corrected chi connectivity index (χ2v) is 8.75. The number of carbonyl (C=O) groups is 1. The van der Waals surface area contributed by atoms with E-state index in [1.165, 1.54) is 36.0 Å². The fourth-order valence-corrected chi connectivity index (χ4v) is 4.70. The average molecular weight is 466 g/mol. The summed E-state index contributed by atoms with van der Waals surface area (Å²) in [5.41, 5.74) is 5.72. The quantitative estimate of drug-likeness (QED) is 0.437. The standard InChI is InChI=1S/C23H17ClFN5OS/c24-16-8-6-14(7-9-16)19-20(22(31)26-18-12-10-17(25)11-13-18)32-23-28-27-21(30(23)29-19)15-4-2-1-3-5-15/h1-13,19-20,29H,(H,26,31)/t19-,20-/m1/s1. The normalized spacial score (nSPS) is 17.3. The Morgan fingerprint density at radius 1 is 1.00 bits per heavy atom. The van der Waals surface area contributed by atoms with Crippen molar-refractivity contribution in [1.29, 1.82) is 0 Å². The Morgan fingerprint density at radius 3 is 2.44 bits per heavy atom. The van der Waals surface area contributed by atoms with Crippen molar-refractivity contribution in [3.63, 3.8) is 0 Å². The summed E-state index contributed by atoms with van der Waals surface area (Å²) < 4.78 is 15.1. The van der Waals surface area contributed by atoms with Gasteiger partial charge in [-0.1, -0.05) is 65.8 Å². The fraction of sp³-hybridized carbons (Fsp3) is 0.0870. The highest BCUT2D eigenvalue weighted by Crippen LogP contribution is 2.39. The van der Waals surface area contributed by atoms with Gasteiger partial charge in [-0.2, -0.15) is 0 Å². The lowest BCUT2D eigenvalue weighted by Crippen LogP contribution is -2.41. The van der Waals surface area contributed by atoms with Gasteiger partial charge in [-0.3, -0.25) is 4.79 Å². The van der Waals surface area contributed by atoms with Crippen molar-refractivity contribution in [2.75, 3.05) is 10.7 Å². The lowest BCUT2D eigenvalue weighted by Gasteiger charge is -2.33. The summed E-state index contributed by atoms with van der Waals surface area (Å²) in [5, 5.41) is 12.1. The van der Waals surface area contributed by atoms with Crippen molar-refractivity contribution in [2.45, 2.75) is 16.4 Å². The van der Waals surface area contributed by atoms with E-state index < -0.39 is 5.25 Å². The Labute approximate surface area is 192 Å². The maximum Gasteiger partial charge on any atom is 0.240 e. The van der Waals surface area contributed by atoms with Crippen LogP contribution in [-0.4, -0.2) is 26.0 Å². The topological polar surface area (TPSA) is 71.8 Å². The predicted octanol–water partition coefficient (Wildman–Crippen LogP) is 5.14. The molecular formula is C23H17ClFN5OS. The highest BCUT2D eigenvalue weighted by atomic mass is 35.5. The number of anilines is 1. The molecule has 4 aromatic rings. The van der Waals surface area contributed by atoms with E-state index >= 15 is 0 Å². The van der Waals surface area contributed by atoms with Crippen molar-refractivity contribution in [3.8, 4) is 11.4 Å². The molecule has 2 N–H and O–H groups in total. The lowest BCUT2D eigenvalue weighted by atomic mass is 10.0. The summed E-state index contributed by atoms with van der Waals surface area (Å²) in [6, 6.07) is 22.3. The van der Waals surface area contributed by atoms with E-state index in [1.807, 2.05) is 42.5 Å². The van der Waals surface area contributed by atoms with Gasteiger partial charge in [0.15, 0.2) is 5.82 Å². The third-order valence-corrected chi connectivity index (χ3v) is 6.54. The first-order valence-corrected chi connectivity index (χ1v) is 11.1. The molecule has 1 aliphatic rings. The first-order valence-electron chi connectivity index (χ1n) is 9.84. The number of hydrogen-bond acceptors (Lipinski definition) is 5. The summed E-state index contributed by atoms with van der Waals surface area (Å²) in [4.78, 5) is 13.2. The molecule has 32 heavy (non-hydrogen) atoms. The van der Waals surface area contributed by atoms with Crippen LogP contribution in [-0.2, 0) is 4.79 Å². The average Bonchev–Trinajstić information content (AvgIpc) is 3.24. The monoisotopic (exact) mass is 465 g/mol. The molecule has 0 spiro atoms. The number of benzene rings is 3. The number of aromatic nitrogens is 3. The van der Waals surface area contributed by atoms with Crippen molar-refractivity contribution < 1.29 is 9.18 Å². The molecule has 0 fully saturated rings. The Balaban J connectivity index is 1.50. The first-order chi connectivity index (χ1) is 15.6. The Morgan fingerprint density at radius 2 is 1.72 bits per heavy atom. The third-order valence-electron chi connectivity index (χ3n) is 5.07. The van der Waals surface area contributed by atoms with Crippen LogP contribution in [0.2, 0.25) is 5.02 Å². The van der Waals surface area contributed by atoms with Crippen molar-refractivity contribution in [2.24, 2.45) is 0 Å². The minimum Gasteiger partial charge on any atom is -0.325 e. The second-order valence-electron chi connectivity index (χ2n) is 7.20. The number of rotatable bonds is 4. The first kappa shape index (κ1) is 20.5. The molecule has 1 aliphatic heterocycles. The molecule has 6 nitrogen and oxygen atoms in total. The van der Waals surface area contributed by atoms with Crippen LogP contribution in [0.25, 0.3) is 11.4 Å². The van der Waals surface area contributed by atoms with E-state index in [2.05, 4.69) is 20.9 Å². The molecule has 1 amide bonds. The Hall–Kier alpha value is -3.36. The molecular weight excluding hydrogens is 449 g/mol. The van der Waals surface area contributed by atoms with Crippen LogP contribution < -0.4 is 10.7 Å². The predicted molar refractivity (Wildman–Crippen MR) is 124 cm³/mol. The summed E-state index contributed by atoms with van der Waals surface area (Å²) in [5.74, 6) is 0.0614. The van der Waals surface area contributed by atoms with Gasteiger partial charge < -0.3 is 10.7 Å². The van der Waals surface area contributed by atoms with Crippen molar-refractivity contribution in [3.05, 3.63) is 95.3 Å². The van der Waals surface area contributed by atoms with E-state index in [0.29, 0.717) is 21.7 Å². The second kappa shape index (κ2) is 8.64. The number of thioether (sulfide) groups is 1. The van der Waals surface area contributed by atoms with Gasteiger partial charge in [0, 0.05) is 16.3 Å². The molecule has 3 aromatic carbocycles. The number of nitrogens with one attached hydrogen (secondary N) is 2. The fourth-order valence-electron chi connectivity index (χ4n) is 3.50. The van der Waals surface area contributed by atoms with E-state index in [0.717, 1.165) is 11.1 Å².